The van der Waals surface area contributed by atoms with Gasteiger partial charge in [0, 0.05) is 39.9 Å². The number of carbonyl (C=O) groups excluding carboxylic acids is 1. The highest BCUT2D eigenvalue weighted by molar-refractivity contribution is 14.0. The maximum Gasteiger partial charge on any atom is 0.243 e. The summed E-state index contributed by atoms with van der Waals surface area (Å²) in [7, 11) is 3.51. The standard InChI is InChI=1S/C17H34N4O2.HI/c1-4-5-12-23-13-8-11-18-17(19-14-16(22)21(2)3)20-15-9-6-7-10-15;/h15H,4-14H2,1-3H3,(H2,18,19,20);1H. The van der Waals surface area contributed by atoms with E-state index in [0.29, 0.717) is 6.04 Å². The molecule has 2 N–H and O–H groups in total. The molecule has 1 rings (SSSR count). The van der Waals surface area contributed by atoms with E-state index in [0.717, 1.165) is 38.6 Å². The Morgan fingerprint density at radius 2 is 1.88 bits per heavy atom. The maximum atomic E-state index is 11.7. The molecule has 0 radical (unpaired) electrons. The summed E-state index contributed by atoms with van der Waals surface area (Å²) in [5.41, 5.74) is 0. The summed E-state index contributed by atoms with van der Waals surface area (Å²) in [6.45, 7) is 4.76. The Morgan fingerprint density at radius 3 is 2.50 bits per heavy atom. The maximum absolute atomic E-state index is 11.7. The highest BCUT2D eigenvalue weighted by Gasteiger charge is 2.16. The van der Waals surface area contributed by atoms with Crippen molar-refractivity contribution in [3.05, 3.63) is 0 Å². The monoisotopic (exact) mass is 454 g/mol. The van der Waals surface area contributed by atoms with Crippen LogP contribution in [0.2, 0.25) is 0 Å². The summed E-state index contributed by atoms with van der Waals surface area (Å²) in [4.78, 5) is 17.7. The number of ether oxygens (including phenoxy) is 1. The highest BCUT2D eigenvalue weighted by Crippen LogP contribution is 2.17. The van der Waals surface area contributed by atoms with Gasteiger partial charge in [-0.3, -0.25) is 4.79 Å². The number of amides is 1. The largest absolute Gasteiger partial charge is 0.381 e. The van der Waals surface area contributed by atoms with Crippen molar-refractivity contribution in [3.63, 3.8) is 0 Å². The summed E-state index contributed by atoms with van der Waals surface area (Å²) in [5, 5.41) is 6.77. The summed E-state index contributed by atoms with van der Waals surface area (Å²) in [5.74, 6) is 0.765. The predicted octanol–water partition coefficient (Wildman–Crippen LogP) is 2.38. The van der Waals surface area contributed by atoms with Crippen LogP contribution in [0.4, 0.5) is 0 Å². The molecule has 0 aliphatic heterocycles. The molecule has 1 fully saturated rings. The third-order valence-corrected chi connectivity index (χ3v) is 3.97. The van der Waals surface area contributed by atoms with Gasteiger partial charge in [0.05, 0.1) is 0 Å². The van der Waals surface area contributed by atoms with Crippen LogP contribution >= 0.6 is 24.0 Å². The number of carbonyl (C=O) groups is 1. The smallest absolute Gasteiger partial charge is 0.243 e. The predicted molar refractivity (Wildman–Crippen MR) is 110 cm³/mol. The third-order valence-electron chi connectivity index (χ3n) is 3.97. The van der Waals surface area contributed by atoms with Gasteiger partial charge in [0.25, 0.3) is 0 Å². The van der Waals surface area contributed by atoms with Crippen molar-refractivity contribution in [1.82, 2.24) is 15.5 Å². The van der Waals surface area contributed by atoms with Crippen molar-refractivity contribution in [2.75, 3.05) is 40.4 Å². The molecule has 1 amide bonds. The molecular weight excluding hydrogens is 419 g/mol. The van der Waals surface area contributed by atoms with Crippen molar-refractivity contribution in [2.45, 2.75) is 57.9 Å². The lowest BCUT2D eigenvalue weighted by atomic mass is 10.2. The van der Waals surface area contributed by atoms with Crippen molar-refractivity contribution < 1.29 is 9.53 Å². The second-order valence-corrected chi connectivity index (χ2v) is 6.32. The van der Waals surface area contributed by atoms with E-state index in [2.05, 4.69) is 22.5 Å². The Morgan fingerprint density at radius 1 is 1.21 bits per heavy atom. The number of hydrogen-bond donors (Lipinski definition) is 2. The molecule has 1 aliphatic carbocycles. The van der Waals surface area contributed by atoms with E-state index >= 15 is 0 Å². The Balaban J connectivity index is 0.00000529. The average Bonchev–Trinajstić information content (AvgIpc) is 3.03. The summed E-state index contributed by atoms with van der Waals surface area (Å²) < 4.78 is 5.56. The molecule has 7 heteroatoms. The zero-order valence-electron chi connectivity index (χ0n) is 15.5. The van der Waals surface area contributed by atoms with Gasteiger partial charge in [-0.15, -0.1) is 24.0 Å². The lowest BCUT2D eigenvalue weighted by molar-refractivity contribution is -0.127. The van der Waals surface area contributed by atoms with Crippen LogP contribution in [0, 0.1) is 0 Å². The molecule has 0 atom stereocenters. The van der Waals surface area contributed by atoms with Gasteiger partial charge in [-0.25, -0.2) is 4.99 Å². The molecule has 142 valence electrons. The van der Waals surface area contributed by atoms with Gasteiger partial charge >= 0.3 is 0 Å². The molecule has 0 saturated heterocycles. The fraction of sp³-hybridized carbons (Fsp3) is 0.882. The van der Waals surface area contributed by atoms with Gasteiger partial charge in [0.2, 0.25) is 5.91 Å². The van der Waals surface area contributed by atoms with Crippen LogP contribution in [0.1, 0.15) is 51.9 Å². The van der Waals surface area contributed by atoms with Crippen LogP contribution in [-0.2, 0) is 9.53 Å². The Labute approximate surface area is 164 Å². The van der Waals surface area contributed by atoms with Crippen LogP contribution < -0.4 is 10.6 Å². The SMILES string of the molecule is CCCCOCCCNC(=NCC(=O)N(C)C)NC1CCCC1.I. The average molecular weight is 454 g/mol. The first-order valence-electron chi connectivity index (χ1n) is 8.96. The fourth-order valence-corrected chi connectivity index (χ4v) is 2.43. The third kappa shape index (κ3) is 11.1. The minimum atomic E-state index is 0. The number of guanidine groups is 1. The number of nitrogens with zero attached hydrogens (tertiary/aromatic N) is 2. The van der Waals surface area contributed by atoms with Gasteiger partial charge in [-0.05, 0) is 25.7 Å². The molecule has 0 unspecified atom stereocenters. The lowest BCUT2D eigenvalue weighted by Gasteiger charge is -2.18. The molecule has 6 nitrogen and oxygen atoms in total. The van der Waals surface area contributed by atoms with Crippen LogP contribution in [0.5, 0.6) is 0 Å². The molecule has 24 heavy (non-hydrogen) atoms. The second kappa shape index (κ2) is 14.7. The van der Waals surface area contributed by atoms with Crippen molar-refractivity contribution >= 4 is 35.8 Å². The lowest BCUT2D eigenvalue weighted by Crippen LogP contribution is -2.43. The Kier molecular flexibility index (Phi) is 14.4. The second-order valence-electron chi connectivity index (χ2n) is 6.32. The van der Waals surface area contributed by atoms with Gasteiger partial charge < -0.3 is 20.3 Å². The molecule has 0 aromatic rings. The van der Waals surface area contributed by atoms with E-state index < -0.39 is 0 Å². The van der Waals surface area contributed by atoms with Crippen molar-refractivity contribution in [1.29, 1.82) is 0 Å². The zero-order chi connectivity index (χ0) is 16.9. The van der Waals surface area contributed by atoms with Gasteiger partial charge in [-0.1, -0.05) is 26.2 Å². The van der Waals surface area contributed by atoms with E-state index in [-0.39, 0.29) is 36.4 Å². The zero-order valence-corrected chi connectivity index (χ0v) is 17.8. The van der Waals surface area contributed by atoms with Crippen LogP contribution in [0.15, 0.2) is 4.99 Å². The van der Waals surface area contributed by atoms with Gasteiger partial charge in [-0.2, -0.15) is 0 Å². The summed E-state index contributed by atoms with van der Waals surface area (Å²) in [6, 6.07) is 0.483. The van der Waals surface area contributed by atoms with E-state index in [4.69, 9.17) is 4.74 Å². The van der Waals surface area contributed by atoms with E-state index in [9.17, 15) is 4.79 Å². The van der Waals surface area contributed by atoms with E-state index in [1.54, 1.807) is 19.0 Å². The number of nitrogens with one attached hydrogen (secondary N) is 2. The minimum Gasteiger partial charge on any atom is -0.381 e. The Hall–Kier alpha value is -0.570. The van der Waals surface area contributed by atoms with Crippen LogP contribution in [0.3, 0.4) is 0 Å². The molecule has 0 aromatic carbocycles. The van der Waals surface area contributed by atoms with E-state index in [1.807, 2.05) is 0 Å². The first kappa shape index (κ1) is 23.4. The van der Waals surface area contributed by atoms with Crippen molar-refractivity contribution in [3.8, 4) is 0 Å². The molecule has 1 aliphatic rings. The quantitative estimate of drug-likeness (QED) is 0.230. The fourth-order valence-electron chi connectivity index (χ4n) is 2.43. The summed E-state index contributed by atoms with van der Waals surface area (Å²) >= 11 is 0. The minimum absolute atomic E-state index is 0. The van der Waals surface area contributed by atoms with Crippen molar-refractivity contribution in [2.24, 2.45) is 4.99 Å². The molecule has 0 bridgehead atoms. The summed E-state index contributed by atoms with van der Waals surface area (Å²) in [6.07, 6.45) is 8.14. The molecule has 0 heterocycles. The first-order chi connectivity index (χ1) is 11.1. The Bertz CT molecular complexity index is 358. The number of hydrogen-bond acceptors (Lipinski definition) is 3. The number of aliphatic imine (C=N–C) groups is 1. The molecule has 0 aromatic heterocycles. The van der Waals surface area contributed by atoms with Gasteiger partial charge in [0.15, 0.2) is 5.96 Å². The molecular formula is C17H35IN4O2. The topological polar surface area (TPSA) is 66.0 Å². The number of halogens is 1. The first-order valence-corrected chi connectivity index (χ1v) is 8.96. The van der Waals surface area contributed by atoms with Gasteiger partial charge in [0.1, 0.15) is 6.54 Å². The number of unbranched alkanes of at least 4 members (excludes halogenated alkanes) is 1. The number of likely N-dealkylation sites (N-methyl/N-ethyl adjacent to an activating group) is 1. The molecule has 1 saturated carbocycles. The van der Waals surface area contributed by atoms with Crippen LogP contribution in [0.25, 0.3) is 0 Å². The highest BCUT2D eigenvalue weighted by atomic mass is 127. The van der Waals surface area contributed by atoms with Crippen LogP contribution in [-0.4, -0.2) is 63.2 Å². The molecule has 0 spiro atoms. The van der Waals surface area contributed by atoms with E-state index in [1.165, 1.54) is 32.1 Å². The number of rotatable bonds is 10. The normalized spacial score (nSPS) is 15.0.